The molecule has 0 aromatic carbocycles. The van der Waals surface area contributed by atoms with Gasteiger partial charge in [0.05, 0.1) is 0 Å². The first kappa shape index (κ1) is 29.0. The zero-order valence-corrected chi connectivity index (χ0v) is 20.6. The lowest BCUT2D eigenvalue weighted by molar-refractivity contribution is -0.141. The molecule has 176 valence electrons. The fourth-order valence-electron chi connectivity index (χ4n) is 2.68. The Hall–Kier alpha value is -2.02. The van der Waals surface area contributed by atoms with Crippen LogP contribution in [0.15, 0.2) is 34.9 Å². The number of carboxylic acid groups (broad SMARTS) is 1. The third kappa shape index (κ3) is 18.5. The largest absolute Gasteiger partial charge is 0.480 e. The molecule has 0 aliphatic carbocycles. The van der Waals surface area contributed by atoms with E-state index in [2.05, 4.69) is 56.6 Å². The van der Waals surface area contributed by atoms with Crippen LogP contribution in [0.4, 0.5) is 0 Å². The van der Waals surface area contributed by atoms with E-state index >= 15 is 0 Å². The average Bonchev–Trinajstić information content (AvgIpc) is 2.67. The number of thioether (sulfide) groups is 1. The van der Waals surface area contributed by atoms with E-state index < -0.39 is 12.0 Å². The Bertz CT molecular complexity index is 664. The van der Waals surface area contributed by atoms with Crippen molar-refractivity contribution in [2.75, 3.05) is 18.1 Å². The van der Waals surface area contributed by atoms with Crippen molar-refractivity contribution in [3.05, 3.63) is 34.9 Å². The molecule has 0 heterocycles. The molecule has 3 N–H and O–H groups in total. The Labute approximate surface area is 192 Å². The Morgan fingerprint density at radius 2 is 1.52 bits per heavy atom. The van der Waals surface area contributed by atoms with Crippen LogP contribution < -0.4 is 10.6 Å². The van der Waals surface area contributed by atoms with Crippen LogP contribution in [-0.2, 0) is 14.4 Å². The molecule has 2 amide bonds. The molecule has 6 nitrogen and oxygen atoms in total. The summed E-state index contributed by atoms with van der Waals surface area (Å²) in [6, 6.07) is -0.904. The number of hydrogen-bond donors (Lipinski definition) is 3. The maximum atomic E-state index is 11.9. The van der Waals surface area contributed by atoms with Gasteiger partial charge in [-0.3, -0.25) is 9.59 Å². The third-order valence-corrected chi connectivity index (χ3v) is 5.52. The molecular weight excluding hydrogens is 412 g/mol. The SMILES string of the molecule is CC(=O)NCCCC(=O)N[C@@H](CSCC=C(C)CCC=C(C)CCC=C(C)C)C(=O)O. The van der Waals surface area contributed by atoms with Crippen molar-refractivity contribution in [2.45, 2.75) is 79.2 Å². The summed E-state index contributed by atoms with van der Waals surface area (Å²) in [5.74, 6) is -0.444. The molecule has 0 unspecified atom stereocenters. The topological polar surface area (TPSA) is 95.5 Å². The number of amides is 2. The van der Waals surface area contributed by atoms with Crippen LogP contribution >= 0.6 is 11.8 Å². The van der Waals surface area contributed by atoms with Crippen LogP contribution in [0.25, 0.3) is 0 Å². The highest BCUT2D eigenvalue weighted by atomic mass is 32.2. The molecule has 0 spiro atoms. The molecule has 0 fully saturated rings. The minimum atomic E-state index is -1.03. The van der Waals surface area contributed by atoms with E-state index in [1.807, 2.05) is 0 Å². The van der Waals surface area contributed by atoms with E-state index in [-0.39, 0.29) is 18.2 Å². The standard InChI is InChI=1S/C24H40N2O4S/c1-18(2)9-6-10-19(3)11-7-12-20(4)14-16-31-17-22(24(29)30)26-23(28)13-8-15-25-21(5)27/h9,11,14,22H,6-8,10,12-13,15-17H2,1-5H3,(H,25,27)(H,26,28)(H,29,30)/t22-/m0/s1. The summed E-state index contributed by atoms with van der Waals surface area (Å²) in [5.41, 5.74) is 4.06. The van der Waals surface area contributed by atoms with Crippen molar-refractivity contribution >= 4 is 29.5 Å². The predicted molar refractivity (Wildman–Crippen MR) is 130 cm³/mol. The summed E-state index contributed by atoms with van der Waals surface area (Å²) < 4.78 is 0. The molecule has 0 aliphatic heterocycles. The van der Waals surface area contributed by atoms with E-state index in [1.165, 1.54) is 35.4 Å². The molecule has 0 saturated heterocycles. The maximum Gasteiger partial charge on any atom is 0.327 e. The number of nitrogens with one attached hydrogen (secondary N) is 2. The first-order valence-corrected chi connectivity index (χ1v) is 12.1. The number of allylic oxidation sites excluding steroid dienone is 5. The maximum absolute atomic E-state index is 11.9. The average molecular weight is 453 g/mol. The Kier molecular flexibility index (Phi) is 16.5. The zero-order valence-electron chi connectivity index (χ0n) is 19.8. The second-order valence-electron chi connectivity index (χ2n) is 8.04. The summed E-state index contributed by atoms with van der Waals surface area (Å²) in [6.45, 7) is 10.3. The number of rotatable bonds is 16. The van der Waals surface area contributed by atoms with Crippen LogP contribution in [0.1, 0.15) is 73.1 Å². The molecule has 0 radical (unpaired) electrons. The number of carboxylic acids is 1. The van der Waals surface area contributed by atoms with E-state index in [1.54, 1.807) is 0 Å². The van der Waals surface area contributed by atoms with Gasteiger partial charge in [0.25, 0.3) is 0 Å². The fraction of sp³-hybridized carbons (Fsp3) is 0.625. The lowest BCUT2D eigenvalue weighted by Gasteiger charge is -2.14. The van der Waals surface area contributed by atoms with E-state index in [9.17, 15) is 19.5 Å². The van der Waals surface area contributed by atoms with E-state index in [0.717, 1.165) is 31.4 Å². The molecule has 0 saturated carbocycles. The molecule has 0 rings (SSSR count). The second kappa shape index (κ2) is 17.6. The highest BCUT2D eigenvalue weighted by molar-refractivity contribution is 7.99. The van der Waals surface area contributed by atoms with Gasteiger partial charge in [0.15, 0.2) is 0 Å². The molecule has 1 atom stereocenters. The van der Waals surface area contributed by atoms with E-state index in [4.69, 9.17) is 0 Å². The van der Waals surface area contributed by atoms with Gasteiger partial charge in [0, 0.05) is 31.4 Å². The minimum absolute atomic E-state index is 0.144. The van der Waals surface area contributed by atoms with Gasteiger partial charge >= 0.3 is 5.97 Å². The number of carbonyl (C=O) groups is 3. The quantitative estimate of drug-likeness (QED) is 0.234. The Morgan fingerprint density at radius 1 is 0.903 bits per heavy atom. The minimum Gasteiger partial charge on any atom is -0.480 e. The molecular formula is C24H40N2O4S. The Balaban J connectivity index is 4.17. The highest BCUT2D eigenvalue weighted by Gasteiger charge is 2.19. The van der Waals surface area contributed by atoms with Crippen molar-refractivity contribution in [3.63, 3.8) is 0 Å². The first-order valence-electron chi connectivity index (χ1n) is 10.9. The molecule has 0 aromatic rings. The first-order chi connectivity index (χ1) is 14.6. The van der Waals surface area contributed by atoms with Gasteiger partial charge in [-0.05, 0) is 59.8 Å². The monoisotopic (exact) mass is 452 g/mol. The lowest BCUT2D eigenvalue weighted by Crippen LogP contribution is -2.42. The molecule has 0 bridgehead atoms. The smallest absolute Gasteiger partial charge is 0.327 e. The van der Waals surface area contributed by atoms with Crippen LogP contribution in [-0.4, -0.2) is 47.0 Å². The Morgan fingerprint density at radius 3 is 2.10 bits per heavy atom. The predicted octanol–water partition coefficient (Wildman–Crippen LogP) is 4.62. The van der Waals surface area contributed by atoms with Crippen molar-refractivity contribution in [1.29, 1.82) is 0 Å². The molecule has 0 aromatic heterocycles. The third-order valence-electron chi connectivity index (χ3n) is 4.54. The summed E-state index contributed by atoms with van der Waals surface area (Å²) in [4.78, 5) is 34.1. The second-order valence-corrected chi connectivity index (χ2v) is 9.12. The molecule has 31 heavy (non-hydrogen) atoms. The molecule has 0 aliphatic rings. The van der Waals surface area contributed by atoms with Crippen LogP contribution in [0.3, 0.4) is 0 Å². The van der Waals surface area contributed by atoms with Gasteiger partial charge in [-0.1, -0.05) is 34.9 Å². The lowest BCUT2D eigenvalue weighted by atomic mass is 10.1. The van der Waals surface area contributed by atoms with Gasteiger partial charge in [0.1, 0.15) is 6.04 Å². The summed E-state index contributed by atoms with van der Waals surface area (Å²) in [6.07, 6.45) is 11.6. The van der Waals surface area contributed by atoms with Crippen LogP contribution in [0.5, 0.6) is 0 Å². The number of aliphatic carboxylic acids is 1. The zero-order chi connectivity index (χ0) is 23.6. The summed E-state index contributed by atoms with van der Waals surface area (Å²) in [7, 11) is 0. The van der Waals surface area contributed by atoms with E-state index in [0.29, 0.717) is 18.7 Å². The van der Waals surface area contributed by atoms with Crippen molar-refractivity contribution in [1.82, 2.24) is 10.6 Å². The normalized spacial score (nSPS) is 12.8. The van der Waals surface area contributed by atoms with Crippen molar-refractivity contribution < 1.29 is 19.5 Å². The van der Waals surface area contributed by atoms with Gasteiger partial charge in [-0.15, -0.1) is 0 Å². The van der Waals surface area contributed by atoms with Crippen molar-refractivity contribution in [3.8, 4) is 0 Å². The molecule has 7 heteroatoms. The van der Waals surface area contributed by atoms with Crippen molar-refractivity contribution in [2.24, 2.45) is 0 Å². The summed E-state index contributed by atoms with van der Waals surface area (Å²) >= 11 is 1.49. The highest BCUT2D eigenvalue weighted by Crippen LogP contribution is 2.13. The van der Waals surface area contributed by atoms with Crippen LogP contribution in [0, 0.1) is 0 Å². The van der Waals surface area contributed by atoms with Crippen LogP contribution in [0.2, 0.25) is 0 Å². The summed E-state index contributed by atoms with van der Waals surface area (Å²) in [5, 5.41) is 14.5. The number of hydrogen-bond acceptors (Lipinski definition) is 4. The number of carbonyl (C=O) groups excluding carboxylic acids is 2. The van der Waals surface area contributed by atoms with Gasteiger partial charge in [0.2, 0.25) is 11.8 Å². The van der Waals surface area contributed by atoms with Gasteiger partial charge < -0.3 is 15.7 Å². The fourth-order valence-corrected chi connectivity index (χ4v) is 3.68. The van der Waals surface area contributed by atoms with Gasteiger partial charge in [-0.2, -0.15) is 11.8 Å². The van der Waals surface area contributed by atoms with Gasteiger partial charge in [-0.25, -0.2) is 4.79 Å².